The molecule has 0 rings (SSSR count). The maximum Gasteiger partial charge on any atom is 2.00 e. The van der Waals surface area contributed by atoms with Crippen molar-refractivity contribution >= 4 is 17.9 Å². The van der Waals surface area contributed by atoms with Crippen molar-refractivity contribution in [3.63, 3.8) is 0 Å². The van der Waals surface area contributed by atoms with Crippen LogP contribution in [0.15, 0.2) is 0 Å². The van der Waals surface area contributed by atoms with Crippen LogP contribution in [0.1, 0.15) is 40.5 Å². The molecule has 0 bridgehead atoms. The van der Waals surface area contributed by atoms with Crippen LogP contribution in [0.2, 0.25) is 0 Å². The van der Waals surface area contributed by atoms with E-state index < -0.39 is 0 Å². The number of carbonyl (C=O) groups excluding carboxylic acids is 3. The van der Waals surface area contributed by atoms with E-state index in [9.17, 15) is 4.79 Å². The Morgan fingerprint density at radius 2 is 1.53 bits per heavy atom. The molecule has 0 fully saturated rings. The Hall–Kier alpha value is -0.368. The molecule has 2 N–H and O–H groups in total. The van der Waals surface area contributed by atoms with E-state index in [1.165, 1.54) is 0 Å². The Morgan fingerprint density at radius 1 is 1.12 bits per heavy atom. The molecule has 0 amide bonds. The second kappa shape index (κ2) is 15.6. The van der Waals surface area contributed by atoms with Gasteiger partial charge in [-0.2, -0.15) is 0 Å². The summed E-state index contributed by atoms with van der Waals surface area (Å²) >= 11 is 0. The van der Waals surface area contributed by atoms with E-state index in [1.54, 1.807) is 13.8 Å². The third kappa shape index (κ3) is 21.5. The first-order chi connectivity index (χ1) is 7.47. The van der Waals surface area contributed by atoms with Crippen molar-refractivity contribution in [3.05, 3.63) is 0 Å². The second-order valence-electron chi connectivity index (χ2n) is 3.57. The Bertz CT molecular complexity index is 204. The molecule has 0 aromatic carbocycles. The predicted molar refractivity (Wildman–Crippen MR) is 67.9 cm³/mol. The second-order valence-corrected chi connectivity index (χ2v) is 3.57. The van der Waals surface area contributed by atoms with Crippen molar-refractivity contribution < 1.29 is 34.8 Å². The van der Waals surface area contributed by atoms with Gasteiger partial charge >= 0.3 is 32.0 Å². The average Bonchev–Trinajstić information content (AvgIpc) is 2.18. The van der Waals surface area contributed by atoms with Crippen LogP contribution in [-0.2, 0) is 25.2 Å². The van der Waals surface area contributed by atoms with Crippen LogP contribution < -0.4 is 0 Å². The van der Waals surface area contributed by atoms with Gasteiger partial charge in [0.05, 0.1) is 0 Å². The SMILES string of the molecule is CC(=[OH+])CC(C)=[OH+].CCN(CC)CC[C-]=O.[Pd+2]. The molecule has 102 valence electrons. The number of ketones is 2. The zero-order valence-corrected chi connectivity index (χ0v) is 12.7. The Morgan fingerprint density at radius 3 is 1.71 bits per heavy atom. The summed E-state index contributed by atoms with van der Waals surface area (Å²) in [5.74, 6) is 0.500. The molecule has 0 spiro atoms. The smallest absolute Gasteiger partial charge is 0.542 e. The number of hydrogen-bond acceptors (Lipinski definition) is 2. The largest absolute Gasteiger partial charge is 2.00 e. The zero-order chi connectivity index (χ0) is 13.0. The third-order valence-electron chi connectivity index (χ3n) is 1.94. The summed E-state index contributed by atoms with van der Waals surface area (Å²) in [5.41, 5.74) is 0. The molecule has 17 heavy (non-hydrogen) atoms. The molecule has 0 saturated heterocycles. The van der Waals surface area contributed by atoms with Gasteiger partial charge in [-0.25, -0.2) is 0 Å². The van der Waals surface area contributed by atoms with Crippen molar-refractivity contribution in [2.75, 3.05) is 19.6 Å². The summed E-state index contributed by atoms with van der Waals surface area (Å²) in [6.45, 7) is 10.2. The van der Waals surface area contributed by atoms with Gasteiger partial charge in [-0.15, -0.1) is 6.42 Å². The molecule has 4 nitrogen and oxygen atoms in total. The van der Waals surface area contributed by atoms with Crippen LogP contribution in [-0.4, -0.2) is 52.0 Å². The first kappa shape index (κ1) is 21.9. The first-order valence-electron chi connectivity index (χ1n) is 5.57. The van der Waals surface area contributed by atoms with Gasteiger partial charge in [-0.3, -0.25) is 15.9 Å². The van der Waals surface area contributed by atoms with Gasteiger partial charge in [0, 0.05) is 13.8 Å². The Kier molecular flexibility index (Phi) is 20.1. The summed E-state index contributed by atoms with van der Waals surface area (Å²) in [4.78, 5) is 28.9. The molecule has 0 unspecified atom stereocenters. The van der Waals surface area contributed by atoms with Crippen molar-refractivity contribution in [2.24, 2.45) is 0 Å². The minimum Gasteiger partial charge on any atom is -0.542 e. The maximum atomic E-state index is 9.79. The van der Waals surface area contributed by atoms with Crippen LogP contribution in [0.25, 0.3) is 0 Å². The monoisotopic (exact) mass is 336 g/mol. The van der Waals surface area contributed by atoms with Gasteiger partial charge in [0.15, 0.2) is 6.42 Å². The van der Waals surface area contributed by atoms with E-state index in [0.29, 0.717) is 12.8 Å². The van der Waals surface area contributed by atoms with Crippen LogP contribution in [0, 0.1) is 0 Å². The molecular formula is C12H24NO3Pd+3. The van der Waals surface area contributed by atoms with Gasteiger partial charge in [-0.1, -0.05) is 13.8 Å². The summed E-state index contributed by atoms with van der Waals surface area (Å²) in [6, 6.07) is 0. The van der Waals surface area contributed by atoms with E-state index in [-0.39, 0.29) is 32.0 Å². The standard InChI is InChI=1S/C7H14NO.C5H8O2.Pd/c1-3-8(4-2)6-5-7-9;1-4(6)3-5(2)7;/h3-6H2,1-2H3;3H2,1-2H3;/q-1;;+2/p+2. The molecule has 0 aromatic heterocycles. The van der Waals surface area contributed by atoms with Crippen molar-refractivity contribution in [3.8, 4) is 0 Å². The topological polar surface area (TPSA) is 63.1 Å². The fourth-order valence-electron chi connectivity index (χ4n) is 1.11. The van der Waals surface area contributed by atoms with E-state index in [4.69, 9.17) is 9.59 Å². The number of rotatable bonds is 7. The van der Waals surface area contributed by atoms with E-state index >= 15 is 0 Å². The van der Waals surface area contributed by atoms with Crippen LogP contribution in [0.3, 0.4) is 0 Å². The molecule has 0 aliphatic rings. The summed E-state index contributed by atoms with van der Waals surface area (Å²) in [6.07, 6.45) is 2.72. The summed E-state index contributed by atoms with van der Waals surface area (Å²) < 4.78 is 0. The number of hydrogen-bond donors (Lipinski definition) is 0. The van der Waals surface area contributed by atoms with Gasteiger partial charge in [-0.05, 0) is 19.6 Å². The molecule has 0 radical (unpaired) electrons. The van der Waals surface area contributed by atoms with Crippen LogP contribution in [0.4, 0.5) is 0 Å². The van der Waals surface area contributed by atoms with Gasteiger partial charge in [0.1, 0.15) is 0 Å². The Balaban J connectivity index is -0.000000224. The Labute approximate surface area is 118 Å². The molecule has 0 saturated carbocycles. The van der Waals surface area contributed by atoms with Crippen molar-refractivity contribution in [2.45, 2.75) is 40.5 Å². The molecule has 0 aliphatic carbocycles. The molecule has 0 aliphatic heterocycles. The predicted octanol–water partition coefficient (Wildman–Crippen LogP) is 1.33. The maximum absolute atomic E-state index is 9.79. The molecule has 5 heteroatoms. The molecule has 0 atom stereocenters. The van der Waals surface area contributed by atoms with Crippen molar-refractivity contribution in [1.82, 2.24) is 4.90 Å². The summed E-state index contributed by atoms with van der Waals surface area (Å²) in [5, 5.41) is 0. The van der Waals surface area contributed by atoms with E-state index in [0.717, 1.165) is 19.6 Å². The van der Waals surface area contributed by atoms with Gasteiger partial charge in [0.2, 0.25) is 0 Å². The fourth-order valence-corrected chi connectivity index (χ4v) is 1.11. The van der Waals surface area contributed by atoms with E-state index in [2.05, 4.69) is 18.7 Å². The quantitative estimate of drug-likeness (QED) is 0.305. The van der Waals surface area contributed by atoms with Gasteiger partial charge < -0.3 is 9.69 Å². The fraction of sp³-hybridized carbons (Fsp3) is 0.750. The average molecular weight is 337 g/mol. The van der Waals surface area contributed by atoms with Gasteiger partial charge in [0.25, 0.3) is 0 Å². The molecule has 0 heterocycles. The molecule has 0 aromatic rings. The van der Waals surface area contributed by atoms with Crippen LogP contribution >= 0.6 is 0 Å². The minimum absolute atomic E-state index is 0. The van der Waals surface area contributed by atoms with Crippen LogP contribution in [0.5, 0.6) is 0 Å². The third-order valence-corrected chi connectivity index (χ3v) is 1.94. The summed E-state index contributed by atoms with van der Waals surface area (Å²) in [7, 11) is 0. The molecular weight excluding hydrogens is 313 g/mol. The van der Waals surface area contributed by atoms with Crippen molar-refractivity contribution in [1.29, 1.82) is 0 Å². The zero-order valence-electron chi connectivity index (χ0n) is 11.1. The first-order valence-corrected chi connectivity index (χ1v) is 5.57. The minimum atomic E-state index is 0. The number of nitrogens with zero attached hydrogens (tertiary/aromatic N) is 1. The van der Waals surface area contributed by atoms with E-state index in [1.807, 2.05) is 6.29 Å². The normalized spacial score (nSPS) is 8.76.